The lowest BCUT2D eigenvalue weighted by molar-refractivity contribution is -0.151. The summed E-state index contributed by atoms with van der Waals surface area (Å²) in [7, 11) is 3.14. The number of methoxy groups -OCH3 is 2. The number of allylic oxidation sites excluding steroid dienone is 2. The van der Waals surface area contributed by atoms with Crippen molar-refractivity contribution in [1.82, 2.24) is 0 Å². The zero-order valence-electron chi connectivity index (χ0n) is 21.3. The van der Waals surface area contributed by atoms with Gasteiger partial charge in [-0.2, -0.15) is 0 Å². The molecule has 2 aromatic rings. The maximum atomic E-state index is 13.8. The van der Waals surface area contributed by atoms with Crippen LogP contribution in [0.5, 0.6) is 11.5 Å². The molecule has 190 valence electrons. The predicted molar refractivity (Wildman–Crippen MR) is 143 cm³/mol. The molecule has 6 nitrogen and oxygen atoms in total. The van der Waals surface area contributed by atoms with Gasteiger partial charge >= 0.3 is 5.97 Å². The minimum absolute atomic E-state index is 0.00868. The van der Waals surface area contributed by atoms with Crippen molar-refractivity contribution in [3.8, 4) is 11.5 Å². The molecule has 1 aliphatic carbocycles. The number of hydrogen-bond acceptors (Lipinski definition) is 6. The van der Waals surface area contributed by atoms with Crippen LogP contribution in [0.3, 0.4) is 0 Å². The lowest BCUT2D eigenvalue weighted by Crippen LogP contribution is -2.39. The Bertz CT molecular complexity index is 1220. The van der Waals surface area contributed by atoms with Crippen LogP contribution in [-0.2, 0) is 14.3 Å². The van der Waals surface area contributed by atoms with Gasteiger partial charge in [-0.05, 0) is 55.9 Å². The van der Waals surface area contributed by atoms with E-state index in [-0.39, 0.29) is 23.8 Å². The van der Waals surface area contributed by atoms with Crippen LogP contribution in [0.1, 0.15) is 63.0 Å². The van der Waals surface area contributed by atoms with Crippen LogP contribution >= 0.6 is 15.9 Å². The molecule has 0 saturated carbocycles. The van der Waals surface area contributed by atoms with Gasteiger partial charge in [-0.3, -0.25) is 14.6 Å². The number of ether oxygens (including phenoxy) is 3. The Kier molecular flexibility index (Phi) is 7.98. The summed E-state index contributed by atoms with van der Waals surface area (Å²) < 4.78 is 17.5. The van der Waals surface area contributed by atoms with Gasteiger partial charge in [0.15, 0.2) is 17.3 Å². The third kappa shape index (κ3) is 4.99. The molecule has 0 bridgehead atoms. The average Bonchev–Trinajstić information content (AvgIpc) is 2.87. The van der Waals surface area contributed by atoms with Crippen LogP contribution in [0.15, 0.2) is 63.2 Å². The summed E-state index contributed by atoms with van der Waals surface area (Å²) in [5.74, 6) is -0.501. The SMILES string of the molecule is CC[C@H](C)OC(=O)C1C(C)=NC2=C(C(=O)C[C@H](c3ccccc3)C2)[C@H]1c1cc(OC)c(OC)cc1Br. The Morgan fingerprint density at radius 2 is 1.78 bits per heavy atom. The second-order valence-electron chi connectivity index (χ2n) is 9.39. The van der Waals surface area contributed by atoms with Crippen LogP contribution < -0.4 is 9.47 Å². The molecule has 0 N–H and O–H groups in total. The van der Waals surface area contributed by atoms with E-state index in [1.807, 2.05) is 51.1 Å². The van der Waals surface area contributed by atoms with E-state index in [0.29, 0.717) is 42.0 Å². The standard InChI is InChI=1S/C29H32BrNO5/c1-6-16(2)36-29(33)26-17(3)31-22-12-19(18-10-8-7-9-11-18)13-23(32)28(22)27(26)20-14-24(34-4)25(35-5)15-21(20)30/h7-11,14-16,19,26-27H,6,12-13H2,1-5H3/t16-,19+,26?,27-/m0/s1. The molecular formula is C29H32BrNO5. The molecule has 0 spiro atoms. The van der Waals surface area contributed by atoms with Gasteiger partial charge in [0.25, 0.3) is 0 Å². The first-order chi connectivity index (χ1) is 17.3. The highest BCUT2D eigenvalue weighted by Crippen LogP contribution is 2.50. The van der Waals surface area contributed by atoms with E-state index >= 15 is 0 Å². The van der Waals surface area contributed by atoms with Crippen LogP contribution in [-0.4, -0.2) is 37.8 Å². The van der Waals surface area contributed by atoms with E-state index in [9.17, 15) is 9.59 Å². The molecule has 2 aromatic carbocycles. The van der Waals surface area contributed by atoms with Gasteiger partial charge in [0.1, 0.15) is 5.92 Å². The zero-order valence-corrected chi connectivity index (χ0v) is 22.9. The first kappa shape index (κ1) is 26.1. The Balaban J connectivity index is 1.86. The number of nitrogens with zero attached hydrogens (tertiary/aromatic N) is 1. The van der Waals surface area contributed by atoms with E-state index in [1.165, 1.54) is 0 Å². The predicted octanol–water partition coefficient (Wildman–Crippen LogP) is 6.38. The van der Waals surface area contributed by atoms with Gasteiger partial charge in [-0.25, -0.2) is 0 Å². The lowest BCUT2D eigenvalue weighted by atomic mass is 9.69. The van der Waals surface area contributed by atoms with Crippen molar-refractivity contribution in [2.75, 3.05) is 14.2 Å². The number of esters is 1. The molecular weight excluding hydrogens is 522 g/mol. The number of rotatable bonds is 7. The summed E-state index contributed by atoms with van der Waals surface area (Å²) in [6, 6.07) is 13.7. The van der Waals surface area contributed by atoms with E-state index in [4.69, 9.17) is 19.2 Å². The molecule has 2 aliphatic rings. The molecule has 1 unspecified atom stereocenters. The molecule has 0 saturated heterocycles. The Morgan fingerprint density at radius 1 is 1.11 bits per heavy atom. The van der Waals surface area contributed by atoms with Gasteiger partial charge < -0.3 is 14.2 Å². The Hall–Kier alpha value is -2.93. The lowest BCUT2D eigenvalue weighted by Gasteiger charge is -2.37. The smallest absolute Gasteiger partial charge is 0.315 e. The normalized spacial score (nSPS) is 22.4. The van der Waals surface area contributed by atoms with Crippen LogP contribution in [0, 0.1) is 5.92 Å². The minimum atomic E-state index is -0.718. The zero-order chi connectivity index (χ0) is 26.0. The van der Waals surface area contributed by atoms with Crippen molar-refractivity contribution in [3.63, 3.8) is 0 Å². The molecule has 4 atom stereocenters. The van der Waals surface area contributed by atoms with Gasteiger partial charge in [0, 0.05) is 33.8 Å². The topological polar surface area (TPSA) is 74.2 Å². The number of carbonyl (C=O) groups is 2. The molecule has 7 heteroatoms. The summed E-state index contributed by atoms with van der Waals surface area (Å²) in [6.45, 7) is 5.69. The summed E-state index contributed by atoms with van der Waals surface area (Å²) >= 11 is 3.67. The second kappa shape index (κ2) is 11.0. The minimum Gasteiger partial charge on any atom is -0.493 e. The highest BCUT2D eigenvalue weighted by molar-refractivity contribution is 9.10. The van der Waals surface area contributed by atoms with Crippen molar-refractivity contribution in [2.24, 2.45) is 10.9 Å². The number of carbonyl (C=O) groups excluding carboxylic acids is 2. The van der Waals surface area contributed by atoms with E-state index in [1.54, 1.807) is 14.2 Å². The van der Waals surface area contributed by atoms with Gasteiger partial charge in [-0.15, -0.1) is 0 Å². The van der Waals surface area contributed by atoms with E-state index in [0.717, 1.165) is 21.3 Å². The highest BCUT2D eigenvalue weighted by Gasteiger charge is 2.46. The summed E-state index contributed by atoms with van der Waals surface area (Å²) in [5, 5.41) is 0. The monoisotopic (exact) mass is 553 g/mol. The van der Waals surface area contributed by atoms with Crippen LogP contribution in [0.25, 0.3) is 0 Å². The highest BCUT2D eigenvalue weighted by atomic mass is 79.9. The van der Waals surface area contributed by atoms with Crippen LogP contribution in [0.2, 0.25) is 0 Å². The molecule has 1 heterocycles. The van der Waals surface area contributed by atoms with E-state index in [2.05, 4.69) is 28.1 Å². The fraction of sp³-hybridized carbons (Fsp3) is 0.414. The number of hydrogen-bond donors (Lipinski definition) is 0. The number of halogens is 1. The molecule has 0 aromatic heterocycles. The van der Waals surface area contributed by atoms with E-state index < -0.39 is 11.8 Å². The average molecular weight is 554 g/mol. The number of Topliss-reactive ketones (excluding diaryl/α,β-unsaturated/α-hetero) is 1. The molecule has 0 fully saturated rings. The maximum absolute atomic E-state index is 13.8. The third-order valence-electron chi connectivity index (χ3n) is 7.14. The van der Waals surface area contributed by atoms with Gasteiger partial charge in [0.05, 0.1) is 20.3 Å². The van der Waals surface area contributed by atoms with Crippen molar-refractivity contribution >= 4 is 33.4 Å². The van der Waals surface area contributed by atoms with Gasteiger partial charge in [0.2, 0.25) is 0 Å². The molecule has 36 heavy (non-hydrogen) atoms. The molecule has 1 aliphatic heterocycles. The quantitative estimate of drug-likeness (QED) is 0.371. The summed E-state index contributed by atoms with van der Waals surface area (Å²) in [4.78, 5) is 32.1. The maximum Gasteiger partial charge on any atom is 0.315 e. The Morgan fingerprint density at radius 3 is 2.42 bits per heavy atom. The summed E-state index contributed by atoms with van der Waals surface area (Å²) in [5.41, 5.74) is 3.87. The first-order valence-corrected chi connectivity index (χ1v) is 13.1. The fourth-order valence-corrected chi connectivity index (χ4v) is 5.69. The molecule has 4 rings (SSSR count). The van der Waals surface area contributed by atoms with Crippen molar-refractivity contribution in [2.45, 2.75) is 58.0 Å². The largest absolute Gasteiger partial charge is 0.493 e. The fourth-order valence-electron chi connectivity index (χ4n) is 5.13. The van der Waals surface area contributed by atoms with Crippen molar-refractivity contribution in [1.29, 1.82) is 0 Å². The van der Waals surface area contributed by atoms with Gasteiger partial charge in [-0.1, -0.05) is 53.2 Å². The second-order valence-corrected chi connectivity index (χ2v) is 10.2. The number of ketones is 1. The van der Waals surface area contributed by atoms with Crippen LogP contribution in [0.4, 0.5) is 0 Å². The molecule has 0 radical (unpaired) electrons. The van der Waals surface area contributed by atoms with Crippen molar-refractivity contribution in [3.05, 3.63) is 69.3 Å². The first-order valence-electron chi connectivity index (χ1n) is 12.3. The summed E-state index contributed by atoms with van der Waals surface area (Å²) in [6.07, 6.45) is 1.47. The Labute approximate surface area is 220 Å². The van der Waals surface area contributed by atoms with Crippen molar-refractivity contribution < 1.29 is 23.8 Å². The number of aliphatic imine (C=N–C) groups is 1. The third-order valence-corrected chi connectivity index (χ3v) is 7.83. The number of benzene rings is 2. The molecule has 0 amide bonds.